The van der Waals surface area contributed by atoms with Crippen molar-refractivity contribution in [1.29, 1.82) is 0 Å². The minimum Gasteiger partial charge on any atom is -0.310 e. The lowest BCUT2D eigenvalue weighted by molar-refractivity contribution is 0.625. The lowest BCUT2D eigenvalue weighted by atomic mass is 10.2. The van der Waals surface area contributed by atoms with Crippen molar-refractivity contribution < 1.29 is 4.39 Å². The Morgan fingerprint density at radius 2 is 2.28 bits per heavy atom. The molecule has 0 atom stereocenters. The van der Waals surface area contributed by atoms with Gasteiger partial charge in [0.2, 0.25) is 0 Å². The highest BCUT2D eigenvalue weighted by molar-refractivity contribution is 5.35. The van der Waals surface area contributed by atoms with Crippen LogP contribution in [-0.4, -0.2) is 15.8 Å². The lowest BCUT2D eigenvalue weighted by Crippen LogP contribution is -2.15. The van der Waals surface area contributed by atoms with Crippen LogP contribution in [0.5, 0.6) is 0 Å². The monoisotopic (exact) mass is 245 g/mol. The van der Waals surface area contributed by atoms with Gasteiger partial charge in [-0.2, -0.15) is 5.10 Å². The maximum absolute atomic E-state index is 13.2. The summed E-state index contributed by atoms with van der Waals surface area (Å²) in [5, 5.41) is 7.80. The SMILES string of the molecule is Cc1c(CNC2CC2)cnn1-c1cccc(F)c1. The third-order valence-electron chi connectivity index (χ3n) is 3.32. The Labute approximate surface area is 106 Å². The molecule has 0 unspecified atom stereocenters. The Morgan fingerprint density at radius 1 is 1.44 bits per heavy atom. The third kappa shape index (κ3) is 2.29. The number of aromatic nitrogens is 2. The largest absolute Gasteiger partial charge is 0.310 e. The summed E-state index contributed by atoms with van der Waals surface area (Å²) in [5.74, 6) is -0.236. The highest BCUT2D eigenvalue weighted by atomic mass is 19.1. The first kappa shape index (κ1) is 11.4. The molecule has 0 radical (unpaired) electrons. The van der Waals surface area contributed by atoms with E-state index in [4.69, 9.17) is 0 Å². The Kier molecular flexibility index (Phi) is 2.88. The molecule has 3 nitrogen and oxygen atoms in total. The average molecular weight is 245 g/mol. The van der Waals surface area contributed by atoms with Crippen molar-refractivity contribution in [2.24, 2.45) is 0 Å². The average Bonchev–Trinajstić information content (AvgIpc) is 3.11. The minimum atomic E-state index is -0.236. The van der Waals surface area contributed by atoms with Crippen molar-refractivity contribution in [3.05, 3.63) is 47.5 Å². The van der Waals surface area contributed by atoms with Crippen LogP contribution in [0.2, 0.25) is 0 Å². The maximum atomic E-state index is 13.2. The Hall–Kier alpha value is -1.68. The van der Waals surface area contributed by atoms with Gasteiger partial charge in [0.15, 0.2) is 0 Å². The molecule has 0 spiro atoms. The van der Waals surface area contributed by atoms with Crippen LogP contribution in [0, 0.1) is 12.7 Å². The Morgan fingerprint density at radius 3 is 3.00 bits per heavy atom. The van der Waals surface area contributed by atoms with Gasteiger partial charge in [0.05, 0.1) is 11.9 Å². The first-order valence-corrected chi connectivity index (χ1v) is 6.27. The summed E-state index contributed by atoms with van der Waals surface area (Å²) in [6.07, 6.45) is 4.41. The predicted molar refractivity (Wildman–Crippen MR) is 68.1 cm³/mol. The summed E-state index contributed by atoms with van der Waals surface area (Å²) in [6.45, 7) is 2.85. The van der Waals surface area contributed by atoms with Gasteiger partial charge < -0.3 is 5.32 Å². The zero-order valence-corrected chi connectivity index (χ0v) is 10.4. The summed E-state index contributed by atoms with van der Waals surface area (Å²) >= 11 is 0. The molecule has 1 N–H and O–H groups in total. The van der Waals surface area contributed by atoms with Crippen molar-refractivity contribution in [3.63, 3.8) is 0 Å². The molecule has 0 amide bonds. The smallest absolute Gasteiger partial charge is 0.125 e. The van der Waals surface area contributed by atoms with Crippen molar-refractivity contribution >= 4 is 0 Å². The van der Waals surface area contributed by atoms with Crippen molar-refractivity contribution in [1.82, 2.24) is 15.1 Å². The molecular weight excluding hydrogens is 229 g/mol. The van der Waals surface area contributed by atoms with E-state index in [1.165, 1.54) is 30.5 Å². The summed E-state index contributed by atoms with van der Waals surface area (Å²) in [7, 11) is 0. The number of hydrogen-bond acceptors (Lipinski definition) is 2. The van der Waals surface area contributed by atoms with Crippen LogP contribution in [-0.2, 0) is 6.54 Å². The molecule has 1 aliphatic carbocycles. The summed E-state index contributed by atoms with van der Waals surface area (Å²) < 4.78 is 15.0. The molecule has 1 aliphatic rings. The number of nitrogens with one attached hydrogen (secondary N) is 1. The highest BCUT2D eigenvalue weighted by Crippen LogP contribution is 2.20. The van der Waals surface area contributed by atoms with E-state index in [-0.39, 0.29) is 5.82 Å². The van der Waals surface area contributed by atoms with Gasteiger partial charge in [0.1, 0.15) is 5.82 Å². The fourth-order valence-electron chi connectivity index (χ4n) is 2.03. The fraction of sp³-hybridized carbons (Fsp3) is 0.357. The molecule has 1 fully saturated rings. The molecule has 1 aromatic heterocycles. The molecule has 0 saturated heterocycles. The molecule has 3 rings (SSSR count). The van der Waals surface area contributed by atoms with Gasteiger partial charge in [0, 0.05) is 23.8 Å². The van der Waals surface area contributed by atoms with Crippen LogP contribution >= 0.6 is 0 Å². The van der Waals surface area contributed by atoms with Gasteiger partial charge in [-0.3, -0.25) is 0 Å². The molecule has 1 aromatic carbocycles. The molecule has 0 aliphatic heterocycles. The first-order valence-electron chi connectivity index (χ1n) is 6.27. The summed E-state index contributed by atoms with van der Waals surface area (Å²) in [6, 6.07) is 7.19. The molecule has 18 heavy (non-hydrogen) atoms. The van der Waals surface area contributed by atoms with Gasteiger partial charge >= 0.3 is 0 Å². The number of benzene rings is 1. The number of halogens is 1. The predicted octanol–water partition coefficient (Wildman–Crippen LogP) is 2.57. The van der Waals surface area contributed by atoms with Gasteiger partial charge in [-0.1, -0.05) is 6.07 Å². The first-order chi connectivity index (χ1) is 8.74. The zero-order chi connectivity index (χ0) is 12.5. The Bertz CT molecular complexity index is 558. The molecule has 94 valence electrons. The fourth-order valence-corrected chi connectivity index (χ4v) is 2.03. The van der Waals surface area contributed by atoms with Gasteiger partial charge in [-0.25, -0.2) is 9.07 Å². The molecule has 2 aromatic rings. The molecule has 0 bridgehead atoms. The van der Waals surface area contributed by atoms with Crippen LogP contribution in [0.15, 0.2) is 30.5 Å². The van der Waals surface area contributed by atoms with E-state index >= 15 is 0 Å². The quantitative estimate of drug-likeness (QED) is 0.897. The number of hydrogen-bond donors (Lipinski definition) is 1. The van der Waals surface area contributed by atoms with Crippen LogP contribution in [0.3, 0.4) is 0 Å². The zero-order valence-electron chi connectivity index (χ0n) is 10.4. The van der Waals surface area contributed by atoms with E-state index in [1.54, 1.807) is 10.7 Å². The molecule has 1 saturated carbocycles. The van der Waals surface area contributed by atoms with E-state index in [9.17, 15) is 4.39 Å². The lowest BCUT2D eigenvalue weighted by Gasteiger charge is -2.06. The van der Waals surface area contributed by atoms with Crippen LogP contribution in [0.1, 0.15) is 24.1 Å². The van der Waals surface area contributed by atoms with Crippen molar-refractivity contribution in [2.45, 2.75) is 32.4 Å². The van der Waals surface area contributed by atoms with Crippen molar-refractivity contribution in [2.75, 3.05) is 0 Å². The van der Waals surface area contributed by atoms with E-state index in [2.05, 4.69) is 10.4 Å². The summed E-state index contributed by atoms with van der Waals surface area (Å²) in [4.78, 5) is 0. The third-order valence-corrected chi connectivity index (χ3v) is 3.32. The standard InChI is InChI=1S/C14H16FN3/c1-10-11(8-16-13-5-6-13)9-17-18(10)14-4-2-3-12(15)7-14/h2-4,7,9,13,16H,5-6,8H2,1H3. The normalized spacial score (nSPS) is 15.0. The van der Waals surface area contributed by atoms with E-state index in [0.29, 0.717) is 6.04 Å². The van der Waals surface area contributed by atoms with Gasteiger partial charge in [-0.15, -0.1) is 0 Å². The topological polar surface area (TPSA) is 29.9 Å². The van der Waals surface area contributed by atoms with E-state index in [1.807, 2.05) is 19.2 Å². The van der Waals surface area contributed by atoms with E-state index in [0.717, 1.165) is 17.9 Å². The van der Waals surface area contributed by atoms with Crippen LogP contribution < -0.4 is 5.32 Å². The van der Waals surface area contributed by atoms with Gasteiger partial charge in [0.25, 0.3) is 0 Å². The highest BCUT2D eigenvalue weighted by Gasteiger charge is 2.20. The van der Waals surface area contributed by atoms with Crippen molar-refractivity contribution in [3.8, 4) is 5.69 Å². The number of nitrogens with zero attached hydrogens (tertiary/aromatic N) is 2. The van der Waals surface area contributed by atoms with E-state index < -0.39 is 0 Å². The minimum absolute atomic E-state index is 0.236. The van der Waals surface area contributed by atoms with Gasteiger partial charge in [-0.05, 0) is 38.0 Å². The molecular formula is C14H16FN3. The Balaban J connectivity index is 1.83. The summed E-state index contributed by atoms with van der Waals surface area (Å²) in [5.41, 5.74) is 3.00. The second-order valence-corrected chi connectivity index (χ2v) is 4.80. The molecule has 4 heteroatoms. The van der Waals surface area contributed by atoms with Crippen LogP contribution in [0.4, 0.5) is 4.39 Å². The number of rotatable bonds is 4. The maximum Gasteiger partial charge on any atom is 0.125 e. The second kappa shape index (κ2) is 4.53. The second-order valence-electron chi connectivity index (χ2n) is 4.80. The van der Waals surface area contributed by atoms with Crippen LogP contribution in [0.25, 0.3) is 5.69 Å². The molecule has 1 heterocycles.